The third-order valence-electron chi connectivity index (χ3n) is 8.79. The summed E-state index contributed by atoms with van der Waals surface area (Å²) in [5, 5.41) is 2.54. The van der Waals surface area contributed by atoms with Crippen LogP contribution in [0, 0.1) is 5.41 Å². The zero-order valence-electron chi connectivity index (χ0n) is 24.4. The molecule has 9 heteroatoms. The van der Waals surface area contributed by atoms with Crippen molar-refractivity contribution in [3.8, 4) is 6.01 Å². The van der Waals surface area contributed by atoms with Gasteiger partial charge in [0, 0.05) is 48.2 Å². The van der Waals surface area contributed by atoms with Crippen molar-refractivity contribution in [1.82, 2.24) is 14.9 Å². The summed E-state index contributed by atoms with van der Waals surface area (Å²) in [6.45, 7) is 6.45. The van der Waals surface area contributed by atoms with Gasteiger partial charge in [-0.2, -0.15) is 9.97 Å². The van der Waals surface area contributed by atoms with Gasteiger partial charge in [-0.05, 0) is 63.2 Å². The highest BCUT2D eigenvalue weighted by atomic mass is 19.3. The lowest BCUT2D eigenvalue weighted by atomic mass is 9.98. The summed E-state index contributed by atoms with van der Waals surface area (Å²) in [7, 11) is 4.18. The van der Waals surface area contributed by atoms with E-state index in [4.69, 9.17) is 19.4 Å². The second-order valence-corrected chi connectivity index (χ2v) is 12.1. The second kappa shape index (κ2) is 11.7. The maximum Gasteiger partial charge on any atom is 0.318 e. The second-order valence-electron chi connectivity index (χ2n) is 12.1. The Bertz CT molecular complexity index is 1370. The topological polar surface area (TPSA) is 54.0 Å². The molecule has 0 spiro atoms. The number of hydrogen-bond donors (Lipinski definition) is 0. The van der Waals surface area contributed by atoms with Gasteiger partial charge in [0.1, 0.15) is 11.9 Å². The molecule has 3 aliphatic rings. The molecule has 0 N–H and O–H groups in total. The molecule has 2 aromatic carbocycles. The van der Waals surface area contributed by atoms with Crippen LogP contribution in [0.25, 0.3) is 10.8 Å². The SMILES string of the molecule is CCc1cccc2cccc(N3CCc4c(nc(OCC5(CN(C)C)CC5)nc4N4CCOC(C(F)F)CC4)C3)c12. The van der Waals surface area contributed by atoms with Crippen molar-refractivity contribution in [2.45, 2.75) is 58.1 Å². The number of aryl methyl sites for hydroxylation is 1. The molecular weight excluding hydrogens is 524 g/mol. The fourth-order valence-corrected chi connectivity index (χ4v) is 6.49. The first-order chi connectivity index (χ1) is 19.9. The van der Waals surface area contributed by atoms with Crippen molar-refractivity contribution in [2.75, 3.05) is 63.3 Å². The van der Waals surface area contributed by atoms with Gasteiger partial charge in [0.05, 0.1) is 25.5 Å². The van der Waals surface area contributed by atoms with Crippen LogP contribution in [-0.2, 0) is 24.1 Å². The quantitative estimate of drug-likeness (QED) is 0.347. The number of fused-ring (bicyclic) bond motifs is 2. The van der Waals surface area contributed by atoms with Crippen LogP contribution in [0.1, 0.15) is 43.0 Å². The summed E-state index contributed by atoms with van der Waals surface area (Å²) in [6.07, 6.45) is 0.752. The van der Waals surface area contributed by atoms with Crippen LogP contribution in [0.4, 0.5) is 20.3 Å². The summed E-state index contributed by atoms with van der Waals surface area (Å²) in [6, 6.07) is 13.4. The van der Waals surface area contributed by atoms with E-state index in [2.05, 4.69) is 72.1 Å². The van der Waals surface area contributed by atoms with Gasteiger partial charge >= 0.3 is 6.01 Å². The van der Waals surface area contributed by atoms with Gasteiger partial charge in [0.2, 0.25) is 0 Å². The van der Waals surface area contributed by atoms with Gasteiger partial charge < -0.3 is 24.2 Å². The van der Waals surface area contributed by atoms with Crippen molar-refractivity contribution >= 4 is 22.3 Å². The lowest BCUT2D eigenvalue weighted by molar-refractivity contribution is -0.0493. The standard InChI is InChI=1S/C32H41F2N5O2/c1-4-22-7-5-8-23-9-6-10-26(28(22)23)39-15-11-24-25(19-39)35-31(41-21-32(13-14-32)20-37(2)3)36-30(24)38-16-12-27(29(33)34)40-18-17-38/h5-10,27,29H,4,11-21H2,1-3H3. The third-order valence-corrected chi connectivity index (χ3v) is 8.79. The van der Waals surface area contributed by atoms with E-state index in [1.807, 2.05) is 0 Å². The van der Waals surface area contributed by atoms with E-state index < -0.39 is 12.5 Å². The van der Waals surface area contributed by atoms with Crippen LogP contribution in [0.2, 0.25) is 0 Å². The van der Waals surface area contributed by atoms with Crippen molar-refractivity contribution in [1.29, 1.82) is 0 Å². The molecule has 2 fully saturated rings. The van der Waals surface area contributed by atoms with Gasteiger partial charge in [0.15, 0.2) is 0 Å². The van der Waals surface area contributed by atoms with Crippen molar-refractivity contribution in [3.63, 3.8) is 0 Å². The van der Waals surface area contributed by atoms with Crippen molar-refractivity contribution < 1.29 is 18.3 Å². The molecule has 41 heavy (non-hydrogen) atoms. The highest BCUT2D eigenvalue weighted by molar-refractivity contribution is 5.97. The third kappa shape index (κ3) is 5.97. The first-order valence-electron chi connectivity index (χ1n) is 14.9. The van der Waals surface area contributed by atoms with E-state index in [0.717, 1.165) is 55.8 Å². The van der Waals surface area contributed by atoms with Gasteiger partial charge in [-0.1, -0.05) is 37.3 Å². The average Bonchev–Trinajstić information content (AvgIpc) is 3.77. The van der Waals surface area contributed by atoms with Crippen molar-refractivity contribution in [2.24, 2.45) is 5.41 Å². The Labute approximate surface area is 241 Å². The largest absolute Gasteiger partial charge is 0.463 e. The lowest BCUT2D eigenvalue weighted by Gasteiger charge is -2.34. The van der Waals surface area contributed by atoms with E-state index in [-0.39, 0.29) is 18.4 Å². The highest BCUT2D eigenvalue weighted by Crippen LogP contribution is 2.46. The highest BCUT2D eigenvalue weighted by Gasteiger charge is 2.44. The number of ether oxygens (including phenoxy) is 2. The molecule has 3 aromatic rings. The molecule has 0 amide bonds. The van der Waals surface area contributed by atoms with Crippen molar-refractivity contribution in [3.05, 3.63) is 53.2 Å². The zero-order valence-corrected chi connectivity index (χ0v) is 24.4. The Morgan fingerprint density at radius 2 is 1.88 bits per heavy atom. The molecule has 1 aromatic heterocycles. The number of aromatic nitrogens is 2. The number of hydrogen-bond acceptors (Lipinski definition) is 7. The Balaban J connectivity index is 1.33. The number of halogens is 2. The average molecular weight is 566 g/mol. The predicted octanol–water partition coefficient (Wildman–Crippen LogP) is 5.34. The molecule has 1 atom stereocenters. The van der Waals surface area contributed by atoms with E-state index in [0.29, 0.717) is 32.3 Å². The zero-order chi connectivity index (χ0) is 28.6. The molecule has 1 unspecified atom stereocenters. The summed E-state index contributed by atoms with van der Waals surface area (Å²) in [5.74, 6) is 0.813. The molecule has 0 bridgehead atoms. The predicted molar refractivity (Wildman–Crippen MR) is 158 cm³/mol. The minimum Gasteiger partial charge on any atom is -0.463 e. The summed E-state index contributed by atoms with van der Waals surface area (Å²) >= 11 is 0. The number of nitrogens with zero attached hydrogens (tertiary/aromatic N) is 5. The van der Waals surface area contributed by atoms with E-state index >= 15 is 0 Å². The van der Waals surface area contributed by atoms with E-state index in [9.17, 15) is 8.78 Å². The monoisotopic (exact) mass is 565 g/mol. The van der Waals surface area contributed by atoms with Crippen LogP contribution in [0.5, 0.6) is 6.01 Å². The smallest absolute Gasteiger partial charge is 0.318 e. The molecule has 2 aliphatic heterocycles. The fraction of sp³-hybridized carbons (Fsp3) is 0.562. The fourth-order valence-electron chi connectivity index (χ4n) is 6.49. The van der Waals surface area contributed by atoms with Crippen LogP contribution in [0.3, 0.4) is 0 Å². The number of benzene rings is 2. The van der Waals surface area contributed by atoms with Gasteiger partial charge in [-0.15, -0.1) is 0 Å². The lowest BCUT2D eigenvalue weighted by Crippen LogP contribution is -2.35. The molecule has 0 radical (unpaired) electrons. The molecule has 6 rings (SSSR count). The molecule has 1 saturated carbocycles. The van der Waals surface area contributed by atoms with Crippen LogP contribution in [-0.4, -0.2) is 80.9 Å². The Morgan fingerprint density at radius 1 is 1.07 bits per heavy atom. The maximum absolute atomic E-state index is 13.4. The van der Waals surface area contributed by atoms with Crippen LogP contribution >= 0.6 is 0 Å². The number of rotatable bonds is 9. The number of anilines is 2. The van der Waals surface area contributed by atoms with Gasteiger partial charge in [-0.25, -0.2) is 8.78 Å². The Morgan fingerprint density at radius 3 is 2.61 bits per heavy atom. The number of alkyl halides is 2. The minimum absolute atomic E-state index is 0.148. The minimum atomic E-state index is -2.48. The van der Waals surface area contributed by atoms with E-state index in [1.165, 1.54) is 22.0 Å². The maximum atomic E-state index is 13.4. The molecule has 220 valence electrons. The first kappa shape index (κ1) is 28.1. The Kier molecular flexibility index (Phi) is 8.01. The summed E-state index contributed by atoms with van der Waals surface area (Å²) < 4.78 is 38.7. The molecule has 7 nitrogen and oxygen atoms in total. The molecule has 1 aliphatic carbocycles. The van der Waals surface area contributed by atoms with E-state index in [1.54, 1.807) is 0 Å². The van der Waals surface area contributed by atoms with Gasteiger partial charge in [0.25, 0.3) is 6.43 Å². The first-order valence-corrected chi connectivity index (χ1v) is 14.9. The van der Waals surface area contributed by atoms with Gasteiger partial charge in [-0.3, -0.25) is 0 Å². The van der Waals surface area contributed by atoms with Crippen LogP contribution in [0.15, 0.2) is 36.4 Å². The van der Waals surface area contributed by atoms with Crippen LogP contribution < -0.4 is 14.5 Å². The molecular formula is C32H41F2N5O2. The normalized spacial score (nSPS) is 20.4. The summed E-state index contributed by atoms with van der Waals surface area (Å²) in [5.41, 5.74) is 4.75. The Hall–Kier alpha value is -3.04. The molecule has 1 saturated heterocycles. The summed E-state index contributed by atoms with van der Waals surface area (Å²) in [4.78, 5) is 16.6. The molecule has 3 heterocycles.